The van der Waals surface area contributed by atoms with E-state index in [0.717, 1.165) is 6.26 Å². The molecule has 1 aromatic heterocycles. The van der Waals surface area contributed by atoms with Gasteiger partial charge in [-0.2, -0.15) is 0 Å². The standard InChI is InChI=1S/C13H16BrFN6O5S2/c1-27(23,21-28(2,24)25)6-5-16-12-11(19-26-20-12)13(18-22)17-8-3-4-10(15)9(14)7-8/h3-4,7,22H,5-6H2,1-2H3,(H,16,20)(H,17,18). The van der Waals surface area contributed by atoms with Gasteiger partial charge in [0, 0.05) is 24.2 Å². The number of aromatic nitrogens is 2. The van der Waals surface area contributed by atoms with Crippen LogP contribution in [0.4, 0.5) is 15.9 Å². The molecule has 0 bridgehead atoms. The Kier molecular flexibility index (Phi) is 6.95. The summed E-state index contributed by atoms with van der Waals surface area (Å²) in [6.07, 6.45) is 2.07. The predicted octanol–water partition coefficient (Wildman–Crippen LogP) is 1.69. The van der Waals surface area contributed by atoms with Crippen molar-refractivity contribution >= 4 is 53.0 Å². The van der Waals surface area contributed by atoms with Gasteiger partial charge in [0.1, 0.15) is 5.82 Å². The minimum Gasteiger partial charge on any atom is -0.409 e. The number of hydrogen-bond donors (Lipinski definition) is 3. The highest BCUT2D eigenvalue weighted by atomic mass is 79.9. The van der Waals surface area contributed by atoms with E-state index in [1.54, 1.807) is 0 Å². The second kappa shape index (κ2) is 8.83. The largest absolute Gasteiger partial charge is 0.409 e. The van der Waals surface area contributed by atoms with E-state index in [-0.39, 0.29) is 34.1 Å². The Bertz CT molecular complexity index is 1110. The summed E-state index contributed by atoms with van der Waals surface area (Å²) in [4.78, 5) is 0. The lowest BCUT2D eigenvalue weighted by atomic mass is 10.3. The average molecular weight is 499 g/mol. The maximum absolute atomic E-state index is 13.3. The van der Waals surface area contributed by atoms with Gasteiger partial charge in [-0.1, -0.05) is 5.16 Å². The van der Waals surface area contributed by atoms with E-state index >= 15 is 0 Å². The van der Waals surface area contributed by atoms with Crippen LogP contribution in [0.15, 0.2) is 36.2 Å². The minimum absolute atomic E-state index is 0.00870. The second-order valence-corrected chi connectivity index (χ2v) is 10.8. The van der Waals surface area contributed by atoms with Gasteiger partial charge in [0.2, 0.25) is 11.7 Å². The van der Waals surface area contributed by atoms with Crippen LogP contribution in [-0.4, -0.2) is 58.8 Å². The van der Waals surface area contributed by atoms with Crippen molar-refractivity contribution in [1.29, 1.82) is 0 Å². The van der Waals surface area contributed by atoms with Gasteiger partial charge in [-0.3, -0.25) is 0 Å². The smallest absolute Gasteiger partial charge is 0.257 e. The molecule has 154 valence electrons. The molecule has 2 rings (SSSR count). The van der Waals surface area contributed by atoms with Gasteiger partial charge in [-0.25, -0.2) is 21.6 Å². The lowest BCUT2D eigenvalue weighted by molar-refractivity contribution is 0.305. The van der Waals surface area contributed by atoms with Crippen molar-refractivity contribution < 1.29 is 26.9 Å². The molecule has 15 heteroatoms. The summed E-state index contributed by atoms with van der Waals surface area (Å²) < 4.78 is 55.9. The van der Waals surface area contributed by atoms with Crippen LogP contribution in [0.25, 0.3) is 0 Å². The molecule has 11 nitrogen and oxygen atoms in total. The second-order valence-electron chi connectivity index (χ2n) is 5.56. The van der Waals surface area contributed by atoms with Crippen molar-refractivity contribution in [3.63, 3.8) is 0 Å². The lowest BCUT2D eigenvalue weighted by Gasteiger charge is -2.09. The molecule has 0 aliphatic carbocycles. The maximum atomic E-state index is 13.3. The number of nitrogens with zero attached hydrogens (tertiary/aromatic N) is 4. The molecule has 0 spiro atoms. The van der Waals surface area contributed by atoms with Gasteiger partial charge >= 0.3 is 0 Å². The van der Waals surface area contributed by atoms with E-state index in [1.165, 1.54) is 24.5 Å². The predicted molar refractivity (Wildman–Crippen MR) is 105 cm³/mol. The summed E-state index contributed by atoms with van der Waals surface area (Å²) in [6, 6.07) is 4.02. The zero-order valence-electron chi connectivity index (χ0n) is 14.6. The Hall–Kier alpha value is -2.26. The van der Waals surface area contributed by atoms with Crippen LogP contribution in [0.3, 0.4) is 0 Å². The quantitative estimate of drug-likeness (QED) is 0.223. The Labute approximate surface area is 168 Å². The van der Waals surface area contributed by atoms with E-state index in [9.17, 15) is 22.2 Å². The zero-order chi connectivity index (χ0) is 20.9. The Balaban J connectivity index is 2.12. The molecule has 0 aliphatic heterocycles. The molecule has 0 fully saturated rings. The third-order valence-electron chi connectivity index (χ3n) is 3.06. The molecular formula is C13H16BrFN6O5S2. The number of benzene rings is 1. The molecule has 28 heavy (non-hydrogen) atoms. The van der Waals surface area contributed by atoms with Gasteiger partial charge in [0.25, 0.3) is 10.0 Å². The van der Waals surface area contributed by atoms with E-state index in [1.807, 2.05) is 0 Å². The molecule has 0 aliphatic rings. The minimum atomic E-state index is -3.75. The van der Waals surface area contributed by atoms with Gasteiger partial charge in [0.15, 0.2) is 5.69 Å². The molecule has 0 amide bonds. The molecular weight excluding hydrogens is 483 g/mol. The third kappa shape index (κ3) is 6.42. The zero-order valence-corrected chi connectivity index (χ0v) is 17.8. The van der Waals surface area contributed by atoms with Gasteiger partial charge < -0.3 is 15.8 Å². The fourth-order valence-corrected chi connectivity index (χ4v) is 5.43. The Morgan fingerprint density at radius 3 is 2.64 bits per heavy atom. The van der Waals surface area contributed by atoms with Crippen molar-refractivity contribution in [3.8, 4) is 0 Å². The molecule has 1 heterocycles. The van der Waals surface area contributed by atoms with E-state index in [0.29, 0.717) is 5.69 Å². The molecule has 3 N–H and O–H groups in total. The summed E-state index contributed by atoms with van der Waals surface area (Å²) in [5.41, 5.74) is 0.379. The van der Waals surface area contributed by atoms with Crippen LogP contribution >= 0.6 is 15.9 Å². The summed E-state index contributed by atoms with van der Waals surface area (Å²) in [5.74, 6) is -0.673. The molecule has 1 unspecified atom stereocenters. The number of halogens is 2. The topological polar surface area (TPSA) is 159 Å². The van der Waals surface area contributed by atoms with Gasteiger partial charge in [-0.15, -0.1) is 3.77 Å². The third-order valence-corrected chi connectivity index (χ3v) is 6.98. The highest BCUT2D eigenvalue weighted by Crippen LogP contribution is 2.21. The van der Waals surface area contributed by atoms with E-state index < -0.39 is 25.6 Å². The molecule has 0 saturated carbocycles. The normalized spacial score (nSPS) is 14.4. The molecule has 1 atom stereocenters. The van der Waals surface area contributed by atoms with Crippen LogP contribution < -0.4 is 10.6 Å². The molecule has 1 aromatic carbocycles. The Morgan fingerprint density at radius 2 is 2.04 bits per heavy atom. The molecule has 2 aromatic rings. The monoisotopic (exact) mass is 498 g/mol. The van der Waals surface area contributed by atoms with Crippen LogP contribution in [0, 0.1) is 5.82 Å². The average Bonchev–Trinajstić information content (AvgIpc) is 3.01. The van der Waals surface area contributed by atoms with Crippen LogP contribution in [0.2, 0.25) is 0 Å². The number of anilines is 2. The van der Waals surface area contributed by atoms with Crippen molar-refractivity contribution in [2.45, 2.75) is 0 Å². The van der Waals surface area contributed by atoms with Crippen LogP contribution in [0.1, 0.15) is 5.69 Å². The number of sulfonamides is 1. The summed E-state index contributed by atoms with van der Waals surface area (Å²) in [7, 11) is -6.73. The highest BCUT2D eigenvalue weighted by molar-refractivity contribution is 9.10. The molecule has 0 radical (unpaired) electrons. The first kappa shape index (κ1) is 22.0. The lowest BCUT2D eigenvalue weighted by Crippen LogP contribution is -2.19. The van der Waals surface area contributed by atoms with E-state index in [4.69, 9.17) is 0 Å². The number of rotatable bonds is 7. The van der Waals surface area contributed by atoms with Crippen molar-refractivity contribution in [1.82, 2.24) is 10.3 Å². The summed E-state index contributed by atoms with van der Waals surface area (Å²) in [6.45, 7) is 0.0242. The molecule has 0 saturated heterocycles. The number of oxime groups is 1. The highest BCUT2D eigenvalue weighted by Gasteiger charge is 2.18. The van der Waals surface area contributed by atoms with Crippen LogP contribution in [0.5, 0.6) is 0 Å². The van der Waals surface area contributed by atoms with Crippen molar-refractivity contribution in [3.05, 3.63) is 34.2 Å². The van der Waals surface area contributed by atoms with Gasteiger partial charge in [-0.05, 0) is 44.4 Å². The van der Waals surface area contributed by atoms with Gasteiger partial charge in [0.05, 0.1) is 20.5 Å². The van der Waals surface area contributed by atoms with E-state index in [2.05, 4.69) is 50.4 Å². The van der Waals surface area contributed by atoms with Crippen molar-refractivity contribution in [2.75, 3.05) is 35.4 Å². The first-order valence-electron chi connectivity index (χ1n) is 7.43. The first-order chi connectivity index (χ1) is 13.0. The Morgan fingerprint density at radius 1 is 1.32 bits per heavy atom. The first-order valence-corrected chi connectivity index (χ1v) is 12.2. The fraction of sp³-hybridized carbons (Fsp3) is 0.308. The number of nitrogens with one attached hydrogen (secondary N) is 2. The number of amidine groups is 1. The fourth-order valence-electron chi connectivity index (χ4n) is 1.98. The van der Waals surface area contributed by atoms with Crippen LogP contribution in [-0.2, 0) is 19.8 Å². The SMILES string of the molecule is CS(=O)(=O)N=S(C)(=O)CCNc1nonc1/C(=N/O)Nc1ccc(F)c(Br)c1. The van der Waals surface area contributed by atoms with Crippen molar-refractivity contribution in [2.24, 2.45) is 8.92 Å². The number of hydrogen-bond acceptors (Lipinski definition) is 9. The summed E-state index contributed by atoms with van der Waals surface area (Å²) >= 11 is 3.04. The summed E-state index contributed by atoms with van der Waals surface area (Å²) in [5, 5.41) is 25.1. The maximum Gasteiger partial charge on any atom is 0.257 e.